The molecule has 1 aliphatic rings. The van der Waals surface area contributed by atoms with Gasteiger partial charge in [0.05, 0.1) is 5.02 Å². The van der Waals surface area contributed by atoms with E-state index in [0.29, 0.717) is 5.02 Å². The molecule has 1 amide bonds. The normalized spacial score (nSPS) is 20.4. The molecular formula is C11H12Cl2N2OS. The first-order valence-electron chi connectivity index (χ1n) is 5.30. The first-order chi connectivity index (χ1) is 8.09. The Labute approximate surface area is 114 Å². The van der Waals surface area contributed by atoms with Crippen LogP contribution in [0.3, 0.4) is 0 Å². The lowest BCUT2D eigenvalue weighted by Gasteiger charge is -2.32. The fourth-order valence-electron chi connectivity index (χ4n) is 1.73. The molecule has 92 valence electrons. The van der Waals surface area contributed by atoms with Crippen molar-refractivity contribution in [1.82, 2.24) is 9.88 Å². The zero-order valence-corrected chi connectivity index (χ0v) is 11.6. The molecule has 0 aromatic carbocycles. The number of aromatic nitrogens is 1. The highest BCUT2D eigenvalue weighted by atomic mass is 35.5. The number of thioether (sulfide) groups is 1. The summed E-state index contributed by atoms with van der Waals surface area (Å²) in [6, 6.07) is 3.39. The van der Waals surface area contributed by atoms with Gasteiger partial charge >= 0.3 is 0 Å². The van der Waals surface area contributed by atoms with Gasteiger partial charge in [-0.15, -0.1) is 0 Å². The number of pyridine rings is 1. The number of amides is 1. The lowest BCUT2D eigenvalue weighted by Crippen LogP contribution is -2.44. The summed E-state index contributed by atoms with van der Waals surface area (Å²) >= 11 is 13.6. The van der Waals surface area contributed by atoms with E-state index in [4.69, 9.17) is 23.2 Å². The van der Waals surface area contributed by atoms with E-state index >= 15 is 0 Å². The quantitative estimate of drug-likeness (QED) is 0.746. The van der Waals surface area contributed by atoms with Crippen LogP contribution >= 0.6 is 35.0 Å². The summed E-state index contributed by atoms with van der Waals surface area (Å²) < 4.78 is 0. The number of carbonyl (C=O) groups is 1. The Morgan fingerprint density at radius 1 is 1.53 bits per heavy atom. The number of rotatable bonds is 1. The molecule has 2 rings (SSSR count). The molecule has 1 aliphatic heterocycles. The first-order valence-corrected chi connectivity index (χ1v) is 7.21. The van der Waals surface area contributed by atoms with Crippen molar-refractivity contribution in [2.45, 2.75) is 13.0 Å². The average Bonchev–Trinajstić information content (AvgIpc) is 2.32. The van der Waals surface area contributed by atoms with Gasteiger partial charge in [-0.25, -0.2) is 4.98 Å². The molecule has 3 nitrogen and oxygen atoms in total. The van der Waals surface area contributed by atoms with Crippen molar-refractivity contribution >= 4 is 40.9 Å². The van der Waals surface area contributed by atoms with Crippen LogP contribution in [0.25, 0.3) is 0 Å². The summed E-state index contributed by atoms with van der Waals surface area (Å²) in [5.74, 6) is 1.77. The molecule has 17 heavy (non-hydrogen) atoms. The number of halogens is 2. The van der Waals surface area contributed by atoms with Crippen LogP contribution in [-0.4, -0.2) is 39.9 Å². The molecule has 1 aromatic rings. The van der Waals surface area contributed by atoms with Gasteiger partial charge in [-0.05, 0) is 19.1 Å². The maximum absolute atomic E-state index is 12.3. The third-order valence-corrected chi connectivity index (χ3v) is 4.35. The molecule has 0 saturated carbocycles. The van der Waals surface area contributed by atoms with Crippen molar-refractivity contribution in [1.29, 1.82) is 0 Å². The summed E-state index contributed by atoms with van der Waals surface area (Å²) in [5, 5.41) is 0.640. The van der Waals surface area contributed by atoms with Gasteiger partial charge in [0, 0.05) is 24.1 Å². The summed E-state index contributed by atoms with van der Waals surface area (Å²) in [6.07, 6.45) is 0. The third-order valence-electron chi connectivity index (χ3n) is 2.64. The third kappa shape index (κ3) is 2.87. The highest BCUT2D eigenvalue weighted by Gasteiger charge is 2.26. The second kappa shape index (κ2) is 5.46. The molecular weight excluding hydrogens is 279 g/mol. The maximum atomic E-state index is 12.3. The zero-order valence-electron chi connectivity index (χ0n) is 9.32. The van der Waals surface area contributed by atoms with E-state index in [-0.39, 0.29) is 22.8 Å². The van der Waals surface area contributed by atoms with Crippen LogP contribution in [0, 0.1) is 0 Å². The predicted molar refractivity (Wildman–Crippen MR) is 72.1 cm³/mol. The molecule has 0 N–H and O–H groups in total. The molecule has 0 bridgehead atoms. The smallest absolute Gasteiger partial charge is 0.274 e. The Hall–Kier alpha value is -0.450. The van der Waals surface area contributed by atoms with Crippen LogP contribution in [0.1, 0.15) is 17.4 Å². The number of carbonyl (C=O) groups excluding carboxylic acids is 1. The number of hydrogen-bond donors (Lipinski definition) is 0. The highest BCUT2D eigenvalue weighted by molar-refractivity contribution is 7.99. The van der Waals surface area contributed by atoms with Gasteiger partial charge in [-0.1, -0.05) is 23.2 Å². The van der Waals surface area contributed by atoms with E-state index in [9.17, 15) is 4.79 Å². The molecule has 1 atom stereocenters. The number of hydrogen-bond acceptors (Lipinski definition) is 3. The van der Waals surface area contributed by atoms with Crippen LogP contribution in [-0.2, 0) is 0 Å². The van der Waals surface area contributed by atoms with E-state index in [0.717, 1.165) is 18.1 Å². The Morgan fingerprint density at radius 3 is 3.00 bits per heavy atom. The molecule has 1 aromatic heterocycles. The summed E-state index contributed by atoms with van der Waals surface area (Å²) in [6.45, 7) is 2.76. The maximum Gasteiger partial charge on any atom is 0.274 e. The van der Waals surface area contributed by atoms with Crippen LogP contribution < -0.4 is 0 Å². The van der Waals surface area contributed by atoms with Crippen molar-refractivity contribution in [3.8, 4) is 0 Å². The monoisotopic (exact) mass is 290 g/mol. The van der Waals surface area contributed by atoms with E-state index in [1.54, 1.807) is 17.0 Å². The SMILES string of the molecule is CC1CSCCN1C(=O)c1nc(Cl)ccc1Cl. The average molecular weight is 291 g/mol. The van der Waals surface area contributed by atoms with Crippen LogP contribution in [0.5, 0.6) is 0 Å². The zero-order chi connectivity index (χ0) is 12.4. The molecule has 1 fully saturated rings. The van der Waals surface area contributed by atoms with Gasteiger partial charge in [0.2, 0.25) is 0 Å². The van der Waals surface area contributed by atoms with Crippen molar-refractivity contribution in [3.05, 3.63) is 28.0 Å². The van der Waals surface area contributed by atoms with Crippen LogP contribution in [0.15, 0.2) is 12.1 Å². The standard InChI is InChI=1S/C11H12Cl2N2OS/c1-7-6-17-5-4-15(7)11(16)10-8(12)2-3-9(13)14-10/h2-3,7H,4-6H2,1H3. The van der Waals surface area contributed by atoms with Gasteiger partial charge in [-0.2, -0.15) is 11.8 Å². The molecule has 2 heterocycles. The molecule has 0 spiro atoms. The second-order valence-corrected chi connectivity index (χ2v) is 5.83. The minimum Gasteiger partial charge on any atom is -0.333 e. The fourth-order valence-corrected chi connectivity index (χ4v) is 3.08. The van der Waals surface area contributed by atoms with E-state index < -0.39 is 0 Å². The van der Waals surface area contributed by atoms with Gasteiger partial charge in [0.1, 0.15) is 10.8 Å². The fraction of sp³-hybridized carbons (Fsp3) is 0.455. The minimum absolute atomic E-state index is 0.134. The molecule has 6 heteroatoms. The Morgan fingerprint density at radius 2 is 2.29 bits per heavy atom. The summed E-state index contributed by atoms with van der Waals surface area (Å²) in [5.41, 5.74) is 0.248. The van der Waals surface area contributed by atoms with E-state index in [1.165, 1.54) is 0 Å². The number of nitrogens with zero attached hydrogens (tertiary/aromatic N) is 2. The van der Waals surface area contributed by atoms with Crippen molar-refractivity contribution in [3.63, 3.8) is 0 Å². The Balaban J connectivity index is 2.26. The van der Waals surface area contributed by atoms with Crippen molar-refractivity contribution in [2.75, 3.05) is 18.1 Å². The van der Waals surface area contributed by atoms with Gasteiger partial charge in [0.15, 0.2) is 0 Å². The molecule has 0 radical (unpaired) electrons. The largest absolute Gasteiger partial charge is 0.333 e. The highest BCUT2D eigenvalue weighted by Crippen LogP contribution is 2.22. The lowest BCUT2D eigenvalue weighted by atomic mass is 10.2. The minimum atomic E-state index is -0.134. The predicted octanol–water partition coefficient (Wildman–Crippen LogP) is 2.97. The topological polar surface area (TPSA) is 33.2 Å². The molecule has 1 saturated heterocycles. The first kappa shape index (κ1) is 13.0. The summed E-state index contributed by atoms with van der Waals surface area (Å²) in [7, 11) is 0. The van der Waals surface area contributed by atoms with Crippen LogP contribution in [0.2, 0.25) is 10.2 Å². The van der Waals surface area contributed by atoms with Gasteiger partial charge in [-0.3, -0.25) is 4.79 Å². The van der Waals surface area contributed by atoms with Crippen LogP contribution in [0.4, 0.5) is 0 Å². The Bertz CT molecular complexity index is 441. The van der Waals surface area contributed by atoms with Gasteiger partial charge < -0.3 is 4.90 Å². The van der Waals surface area contributed by atoms with Crippen molar-refractivity contribution < 1.29 is 4.79 Å². The van der Waals surface area contributed by atoms with Crippen molar-refractivity contribution in [2.24, 2.45) is 0 Å². The second-order valence-electron chi connectivity index (χ2n) is 3.89. The molecule has 0 aliphatic carbocycles. The lowest BCUT2D eigenvalue weighted by molar-refractivity contribution is 0.0710. The Kier molecular flexibility index (Phi) is 4.17. The summed E-state index contributed by atoms with van der Waals surface area (Å²) in [4.78, 5) is 18.1. The van der Waals surface area contributed by atoms with E-state index in [1.807, 2.05) is 18.7 Å². The molecule has 1 unspecified atom stereocenters. The van der Waals surface area contributed by atoms with Gasteiger partial charge in [0.25, 0.3) is 5.91 Å². The van der Waals surface area contributed by atoms with E-state index in [2.05, 4.69) is 4.98 Å².